The molecule has 0 saturated heterocycles. The normalized spacial score (nSPS) is 23.7. The standard InChI is InChI=1S/C13H15F3N2O4S/c1-6-5-23-11(17-6)12(22,13(14,15)16)4-9(19)18-8-2-7(3-8)10(20)21/h5,7-8,22H,2-4H2,1H3,(H,18,19)(H,20,21). The number of aryl methyl sites for hydroxylation is 1. The summed E-state index contributed by atoms with van der Waals surface area (Å²) in [7, 11) is 0. The second-order valence-corrected chi connectivity index (χ2v) is 6.46. The minimum absolute atomic E-state index is 0.169. The smallest absolute Gasteiger partial charge is 0.424 e. The number of carbonyl (C=O) groups excluding carboxylic acids is 1. The van der Waals surface area contributed by atoms with Crippen LogP contribution in [0.1, 0.15) is 30.0 Å². The quantitative estimate of drug-likeness (QED) is 0.747. The molecule has 0 bridgehead atoms. The highest BCUT2D eigenvalue weighted by Gasteiger charge is 2.58. The molecule has 1 saturated carbocycles. The number of aliphatic hydroxyl groups is 1. The molecule has 128 valence electrons. The first-order valence-corrected chi connectivity index (χ1v) is 7.65. The number of rotatable bonds is 5. The average molecular weight is 352 g/mol. The summed E-state index contributed by atoms with van der Waals surface area (Å²) >= 11 is 0.629. The van der Waals surface area contributed by atoms with Crippen LogP contribution < -0.4 is 5.32 Å². The van der Waals surface area contributed by atoms with Crippen LogP contribution in [0.3, 0.4) is 0 Å². The lowest BCUT2D eigenvalue weighted by Gasteiger charge is -2.34. The number of alkyl halides is 3. The van der Waals surface area contributed by atoms with E-state index in [9.17, 15) is 27.9 Å². The Morgan fingerprint density at radius 2 is 2.04 bits per heavy atom. The van der Waals surface area contributed by atoms with Crippen molar-refractivity contribution in [3.05, 3.63) is 16.1 Å². The second-order valence-electron chi connectivity index (χ2n) is 5.60. The number of hydrogen-bond donors (Lipinski definition) is 3. The summed E-state index contributed by atoms with van der Waals surface area (Å²) in [4.78, 5) is 26.1. The molecular formula is C13H15F3N2O4S. The largest absolute Gasteiger partial charge is 0.481 e. The average Bonchev–Trinajstić information content (AvgIpc) is 2.78. The first-order chi connectivity index (χ1) is 10.5. The van der Waals surface area contributed by atoms with Crippen molar-refractivity contribution >= 4 is 23.2 Å². The van der Waals surface area contributed by atoms with E-state index in [2.05, 4.69) is 10.3 Å². The number of carboxylic acid groups (broad SMARTS) is 1. The molecule has 0 spiro atoms. The third kappa shape index (κ3) is 3.63. The zero-order valence-electron chi connectivity index (χ0n) is 12.1. The van der Waals surface area contributed by atoms with E-state index < -0.39 is 47.0 Å². The molecule has 1 aliphatic rings. The topological polar surface area (TPSA) is 99.5 Å². The van der Waals surface area contributed by atoms with Crippen molar-refractivity contribution in [1.82, 2.24) is 10.3 Å². The Labute approximate surface area is 133 Å². The van der Waals surface area contributed by atoms with E-state index in [1.807, 2.05) is 0 Å². The molecule has 6 nitrogen and oxygen atoms in total. The third-order valence-electron chi connectivity index (χ3n) is 3.71. The number of aromatic nitrogens is 1. The SMILES string of the molecule is Cc1csc(C(O)(CC(=O)NC2CC(C(=O)O)C2)C(F)(F)F)n1. The van der Waals surface area contributed by atoms with Gasteiger partial charge in [-0.25, -0.2) is 4.98 Å². The van der Waals surface area contributed by atoms with Crippen LogP contribution in [0.15, 0.2) is 5.38 Å². The van der Waals surface area contributed by atoms with Gasteiger partial charge in [0.25, 0.3) is 0 Å². The van der Waals surface area contributed by atoms with Crippen molar-refractivity contribution in [3.63, 3.8) is 0 Å². The number of nitrogens with zero attached hydrogens (tertiary/aromatic N) is 1. The van der Waals surface area contributed by atoms with E-state index in [0.717, 1.165) is 0 Å². The van der Waals surface area contributed by atoms with E-state index in [1.54, 1.807) is 0 Å². The Balaban J connectivity index is 2.04. The summed E-state index contributed by atoms with van der Waals surface area (Å²) in [5.74, 6) is -2.59. The minimum Gasteiger partial charge on any atom is -0.481 e. The molecule has 1 fully saturated rings. The first-order valence-electron chi connectivity index (χ1n) is 6.77. The van der Waals surface area contributed by atoms with Gasteiger partial charge in [0.1, 0.15) is 5.01 Å². The lowest BCUT2D eigenvalue weighted by molar-refractivity contribution is -0.267. The molecule has 1 aromatic rings. The predicted octanol–water partition coefficient (Wildman–Crippen LogP) is 1.57. The van der Waals surface area contributed by atoms with Crippen LogP contribution in [-0.2, 0) is 15.2 Å². The molecule has 1 amide bonds. The predicted molar refractivity (Wildman–Crippen MR) is 73.7 cm³/mol. The number of aliphatic carboxylic acids is 1. The molecule has 0 radical (unpaired) electrons. The maximum atomic E-state index is 13.2. The molecule has 10 heteroatoms. The molecule has 23 heavy (non-hydrogen) atoms. The lowest BCUT2D eigenvalue weighted by Crippen LogP contribution is -2.51. The van der Waals surface area contributed by atoms with Gasteiger partial charge in [-0.1, -0.05) is 0 Å². The van der Waals surface area contributed by atoms with Gasteiger partial charge in [-0.05, 0) is 19.8 Å². The molecule has 1 aromatic heterocycles. The highest BCUT2D eigenvalue weighted by atomic mass is 32.1. The molecule has 3 N–H and O–H groups in total. The summed E-state index contributed by atoms with van der Waals surface area (Å²) in [6.07, 6.45) is -5.93. The number of thiazole rings is 1. The second kappa shape index (κ2) is 6.08. The maximum absolute atomic E-state index is 13.2. The van der Waals surface area contributed by atoms with E-state index in [4.69, 9.17) is 5.11 Å². The molecule has 2 rings (SSSR count). The van der Waals surface area contributed by atoms with E-state index in [0.29, 0.717) is 17.0 Å². The van der Waals surface area contributed by atoms with Crippen LogP contribution in [0.5, 0.6) is 0 Å². The number of amides is 1. The van der Waals surface area contributed by atoms with Crippen molar-refractivity contribution in [3.8, 4) is 0 Å². The van der Waals surface area contributed by atoms with Crippen LogP contribution in [0, 0.1) is 12.8 Å². The van der Waals surface area contributed by atoms with Gasteiger partial charge in [0.05, 0.1) is 12.3 Å². The molecule has 0 aromatic carbocycles. The summed E-state index contributed by atoms with van der Waals surface area (Å²) in [5.41, 5.74) is -3.04. The summed E-state index contributed by atoms with van der Waals surface area (Å²) in [6.45, 7) is 1.48. The summed E-state index contributed by atoms with van der Waals surface area (Å²) < 4.78 is 39.7. The van der Waals surface area contributed by atoms with Crippen LogP contribution in [0.4, 0.5) is 13.2 Å². The fourth-order valence-electron chi connectivity index (χ4n) is 2.29. The van der Waals surface area contributed by atoms with Gasteiger partial charge in [-0.2, -0.15) is 13.2 Å². The lowest BCUT2D eigenvalue weighted by atomic mass is 9.80. The number of carboxylic acids is 1. The van der Waals surface area contributed by atoms with Gasteiger partial charge in [0.2, 0.25) is 11.5 Å². The third-order valence-corrected chi connectivity index (χ3v) is 4.82. The van der Waals surface area contributed by atoms with Crippen molar-refractivity contribution < 1.29 is 33.0 Å². The number of hydrogen-bond acceptors (Lipinski definition) is 5. The number of halogens is 3. The first kappa shape index (κ1) is 17.7. The summed E-state index contributed by atoms with van der Waals surface area (Å²) in [6, 6.07) is -0.487. The van der Waals surface area contributed by atoms with Crippen molar-refractivity contribution in [1.29, 1.82) is 0 Å². The zero-order valence-corrected chi connectivity index (χ0v) is 12.9. The highest BCUT2D eigenvalue weighted by molar-refractivity contribution is 7.09. The van der Waals surface area contributed by atoms with Gasteiger partial charge in [-0.3, -0.25) is 9.59 Å². The molecule has 1 atom stereocenters. The Morgan fingerprint density at radius 1 is 1.43 bits per heavy atom. The molecule has 0 aliphatic heterocycles. The van der Waals surface area contributed by atoms with Gasteiger partial charge in [-0.15, -0.1) is 11.3 Å². The van der Waals surface area contributed by atoms with Crippen molar-refractivity contribution in [2.75, 3.05) is 0 Å². The Bertz CT molecular complexity index is 613. The van der Waals surface area contributed by atoms with Crippen molar-refractivity contribution in [2.24, 2.45) is 5.92 Å². The molecular weight excluding hydrogens is 337 g/mol. The Kier molecular flexibility index (Phi) is 4.67. The number of carbonyl (C=O) groups is 2. The fraction of sp³-hybridized carbons (Fsp3) is 0.615. The zero-order chi connectivity index (χ0) is 17.4. The van der Waals surface area contributed by atoms with Crippen LogP contribution in [0.2, 0.25) is 0 Å². The van der Waals surface area contributed by atoms with E-state index in [-0.39, 0.29) is 12.8 Å². The number of nitrogens with one attached hydrogen (secondary N) is 1. The fourth-order valence-corrected chi connectivity index (χ4v) is 3.20. The van der Waals surface area contributed by atoms with Crippen molar-refractivity contribution in [2.45, 2.75) is 44.0 Å². The molecule has 1 aliphatic carbocycles. The molecule has 1 unspecified atom stereocenters. The van der Waals surface area contributed by atoms with E-state index in [1.165, 1.54) is 12.3 Å². The van der Waals surface area contributed by atoms with Crippen LogP contribution >= 0.6 is 11.3 Å². The highest BCUT2D eigenvalue weighted by Crippen LogP contribution is 2.43. The maximum Gasteiger partial charge on any atom is 0.424 e. The van der Waals surface area contributed by atoms with Crippen LogP contribution in [0.25, 0.3) is 0 Å². The van der Waals surface area contributed by atoms with Gasteiger partial charge < -0.3 is 15.5 Å². The van der Waals surface area contributed by atoms with Gasteiger partial charge >= 0.3 is 12.1 Å². The summed E-state index contributed by atoms with van der Waals surface area (Å²) in [5, 5.41) is 21.8. The van der Waals surface area contributed by atoms with Gasteiger partial charge in [0, 0.05) is 17.1 Å². The Hall–Kier alpha value is -1.68. The molecule has 1 heterocycles. The monoisotopic (exact) mass is 352 g/mol. The van der Waals surface area contributed by atoms with Crippen LogP contribution in [-0.4, -0.2) is 39.3 Å². The minimum atomic E-state index is -5.06. The van der Waals surface area contributed by atoms with Gasteiger partial charge in [0.15, 0.2) is 0 Å². The Morgan fingerprint density at radius 3 is 2.48 bits per heavy atom. The van der Waals surface area contributed by atoms with E-state index >= 15 is 0 Å².